The highest BCUT2D eigenvalue weighted by atomic mass is 32.1. The highest BCUT2D eigenvalue weighted by Gasteiger charge is 2.25. The van der Waals surface area contributed by atoms with E-state index in [0.717, 1.165) is 31.2 Å². The van der Waals surface area contributed by atoms with Crippen LogP contribution in [0.15, 0.2) is 6.20 Å². The van der Waals surface area contributed by atoms with Gasteiger partial charge in [-0.3, -0.25) is 10.3 Å². The van der Waals surface area contributed by atoms with E-state index in [0.29, 0.717) is 12.1 Å². The van der Waals surface area contributed by atoms with Crippen molar-refractivity contribution in [3.8, 4) is 0 Å². The first-order chi connectivity index (χ1) is 8.22. The SMILES string of the molecule is CCC1COC(C)CN1Cc1cnc(NN)s1. The lowest BCUT2D eigenvalue weighted by molar-refractivity contribution is -0.0588. The Morgan fingerprint density at radius 2 is 2.53 bits per heavy atom. The molecular weight excluding hydrogens is 236 g/mol. The molecule has 6 heteroatoms. The molecule has 0 bridgehead atoms. The molecule has 2 atom stereocenters. The zero-order chi connectivity index (χ0) is 12.3. The molecule has 1 aromatic rings. The topological polar surface area (TPSA) is 63.4 Å². The average molecular weight is 256 g/mol. The summed E-state index contributed by atoms with van der Waals surface area (Å²) in [6.45, 7) is 7.08. The summed E-state index contributed by atoms with van der Waals surface area (Å²) in [5.41, 5.74) is 2.58. The maximum atomic E-state index is 5.69. The number of rotatable bonds is 4. The number of nitrogens with two attached hydrogens (primary N) is 1. The molecule has 2 unspecified atom stereocenters. The lowest BCUT2D eigenvalue weighted by Crippen LogP contribution is -2.47. The fourth-order valence-electron chi connectivity index (χ4n) is 2.13. The Hall–Kier alpha value is -0.690. The molecule has 0 aliphatic carbocycles. The molecule has 2 rings (SSSR count). The van der Waals surface area contributed by atoms with Gasteiger partial charge in [0.25, 0.3) is 0 Å². The van der Waals surface area contributed by atoms with Gasteiger partial charge in [-0.25, -0.2) is 10.8 Å². The predicted molar refractivity (Wildman–Crippen MR) is 69.8 cm³/mol. The minimum Gasteiger partial charge on any atom is -0.376 e. The summed E-state index contributed by atoms with van der Waals surface area (Å²) < 4.78 is 5.69. The molecule has 0 saturated carbocycles. The number of hydrazine groups is 1. The first-order valence-electron chi connectivity index (χ1n) is 6.00. The fraction of sp³-hybridized carbons (Fsp3) is 0.727. The fourth-order valence-corrected chi connectivity index (χ4v) is 2.88. The Bertz CT molecular complexity index is 357. The van der Waals surface area contributed by atoms with Crippen molar-refractivity contribution in [2.45, 2.75) is 39.0 Å². The van der Waals surface area contributed by atoms with Gasteiger partial charge in [-0.05, 0) is 13.3 Å². The first kappa shape index (κ1) is 12.8. The van der Waals surface area contributed by atoms with Crippen molar-refractivity contribution in [1.82, 2.24) is 9.88 Å². The monoisotopic (exact) mass is 256 g/mol. The summed E-state index contributed by atoms with van der Waals surface area (Å²) >= 11 is 1.61. The van der Waals surface area contributed by atoms with Gasteiger partial charge in [0, 0.05) is 30.2 Å². The number of morpholine rings is 1. The molecule has 3 N–H and O–H groups in total. The van der Waals surface area contributed by atoms with Crippen LogP contribution in [-0.2, 0) is 11.3 Å². The smallest absolute Gasteiger partial charge is 0.197 e. The van der Waals surface area contributed by atoms with Crippen LogP contribution < -0.4 is 11.3 Å². The molecule has 96 valence electrons. The third-order valence-corrected chi connectivity index (χ3v) is 4.00. The molecule has 5 nitrogen and oxygen atoms in total. The zero-order valence-corrected chi connectivity index (χ0v) is 11.2. The molecule has 17 heavy (non-hydrogen) atoms. The lowest BCUT2D eigenvalue weighted by atomic mass is 10.1. The van der Waals surface area contributed by atoms with Gasteiger partial charge in [0.05, 0.1) is 12.7 Å². The molecule has 0 amide bonds. The van der Waals surface area contributed by atoms with Crippen molar-refractivity contribution in [3.63, 3.8) is 0 Å². The van der Waals surface area contributed by atoms with Crippen LogP contribution in [0.3, 0.4) is 0 Å². The van der Waals surface area contributed by atoms with E-state index < -0.39 is 0 Å². The van der Waals surface area contributed by atoms with Crippen LogP contribution in [0.1, 0.15) is 25.1 Å². The Labute approximate surface area is 106 Å². The molecule has 0 aromatic carbocycles. The van der Waals surface area contributed by atoms with E-state index in [1.165, 1.54) is 4.88 Å². The van der Waals surface area contributed by atoms with Crippen LogP contribution in [0.25, 0.3) is 0 Å². The second kappa shape index (κ2) is 5.77. The van der Waals surface area contributed by atoms with Crippen LogP contribution in [0, 0.1) is 0 Å². The Morgan fingerprint density at radius 3 is 3.18 bits per heavy atom. The number of nitrogens with zero attached hydrogens (tertiary/aromatic N) is 2. The molecule has 1 aliphatic rings. The van der Waals surface area contributed by atoms with Gasteiger partial charge in [0.15, 0.2) is 5.13 Å². The number of nitrogens with one attached hydrogen (secondary N) is 1. The number of hydrogen-bond acceptors (Lipinski definition) is 6. The maximum Gasteiger partial charge on any atom is 0.197 e. The normalized spacial score (nSPS) is 26.1. The Morgan fingerprint density at radius 1 is 1.71 bits per heavy atom. The van der Waals surface area contributed by atoms with E-state index in [1.807, 2.05) is 6.20 Å². The summed E-state index contributed by atoms with van der Waals surface area (Å²) in [7, 11) is 0. The number of thiazole rings is 1. The maximum absolute atomic E-state index is 5.69. The number of aromatic nitrogens is 1. The number of nitrogen functional groups attached to an aromatic ring is 1. The van der Waals surface area contributed by atoms with Crippen LogP contribution >= 0.6 is 11.3 Å². The zero-order valence-electron chi connectivity index (χ0n) is 10.3. The summed E-state index contributed by atoms with van der Waals surface area (Å²) in [6, 6.07) is 0.516. The number of hydrogen-bond donors (Lipinski definition) is 2. The second-order valence-electron chi connectivity index (χ2n) is 4.41. The van der Waals surface area contributed by atoms with E-state index >= 15 is 0 Å². The van der Waals surface area contributed by atoms with Crippen molar-refractivity contribution in [2.75, 3.05) is 18.6 Å². The van der Waals surface area contributed by atoms with Crippen molar-refractivity contribution in [1.29, 1.82) is 0 Å². The quantitative estimate of drug-likeness (QED) is 0.630. The molecular formula is C11H20N4OS. The van der Waals surface area contributed by atoms with Gasteiger partial charge in [0.1, 0.15) is 0 Å². The van der Waals surface area contributed by atoms with Crippen LogP contribution in [0.4, 0.5) is 5.13 Å². The standard InChI is InChI=1S/C11H20N4OS/c1-3-9-7-16-8(2)5-15(9)6-10-4-13-11(14-12)17-10/h4,8-9H,3,5-7,12H2,1-2H3,(H,13,14). The largest absolute Gasteiger partial charge is 0.376 e. The highest BCUT2D eigenvalue weighted by Crippen LogP contribution is 2.22. The van der Waals surface area contributed by atoms with Gasteiger partial charge in [-0.2, -0.15) is 0 Å². The van der Waals surface area contributed by atoms with E-state index in [1.54, 1.807) is 11.3 Å². The van der Waals surface area contributed by atoms with E-state index in [9.17, 15) is 0 Å². The minimum atomic E-state index is 0.317. The predicted octanol–water partition coefficient (Wildman–Crippen LogP) is 1.43. The van der Waals surface area contributed by atoms with Gasteiger partial charge >= 0.3 is 0 Å². The van der Waals surface area contributed by atoms with E-state index in [4.69, 9.17) is 10.6 Å². The van der Waals surface area contributed by atoms with Crippen LogP contribution in [0.5, 0.6) is 0 Å². The Balaban J connectivity index is 1.99. The molecule has 0 radical (unpaired) electrons. The molecule has 1 saturated heterocycles. The Kier molecular flexibility index (Phi) is 4.33. The lowest BCUT2D eigenvalue weighted by Gasteiger charge is -2.37. The third kappa shape index (κ3) is 3.16. The van der Waals surface area contributed by atoms with Gasteiger partial charge < -0.3 is 4.74 Å². The van der Waals surface area contributed by atoms with E-state index in [-0.39, 0.29) is 0 Å². The number of ether oxygens (including phenoxy) is 1. The second-order valence-corrected chi connectivity index (χ2v) is 5.53. The molecule has 1 aliphatic heterocycles. The third-order valence-electron chi connectivity index (χ3n) is 3.09. The summed E-state index contributed by atoms with van der Waals surface area (Å²) in [4.78, 5) is 7.91. The summed E-state index contributed by atoms with van der Waals surface area (Å²) in [5, 5.41) is 0.773. The highest BCUT2D eigenvalue weighted by molar-refractivity contribution is 7.15. The van der Waals surface area contributed by atoms with Crippen LogP contribution in [0.2, 0.25) is 0 Å². The van der Waals surface area contributed by atoms with Crippen molar-refractivity contribution >= 4 is 16.5 Å². The van der Waals surface area contributed by atoms with Gasteiger partial charge in [-0.1, -0.05) is 18.3 Å². The number of anilines is 1. The van der Waals surface area contributed by atoms with E-state index in [2.05, 4.69) is 29.2 Å². The van der Waals surface area contributed by atoms with Gasteiger partial charge in [0.2, 0.25) is 0 Å². The van der Waals surface area contributed by atoms with Crippen molar-refractivity contribution < 1.29 is 4.74 Å². The minimum absolute atomic E-state index is 0.317. The molecule has 1 aromatic heterocycles. The first-order valence-corrected chi connectivity index (χ1v) is 6.81. The van der Waals surface area contributed by atoms with Crippen LogP contribution in [-0.4, -0.2) is 35.2 Å². The van der Waals surface area contributed by atoms with Gasteiger partial charge in [-0.15, -0.1) is 0 Å². The van der Waals surface area contributed by atoms with Crippen molar-refractivity contribution in [2.24, 2.45) is 5.84 Å². The summed E-state index contributed by atoms with van der Waals surface area (Å²) in [6.07, 6.45) is 3.33. The molecule has 2 heterocycles. The molecule has 1 fully saturated rings. The van der Waals surface area contributed by atoms with Crippen molar-refractivity contribution in [3.05, 3.63) is 11.1 Å². The molecule has 0 spiro atoms. The summed E-state index contributed by atoms with van der Waals surface area (Å²) in [5.74, 6) is 5.34. The average Bonchev–Trinajstić information content (AvgIpc) is 2.77.